The van der Waals surface area contributed by atoms with E-state index in [9.17, 15) is 14.4 Å². The number of fused-ring (bicyclic) bond motifs is 5. The van der Waals surface area contributed by atoms with Crippen LogP contribution in [0.15, 0.2) is 77.3 Å². The number of ketones is 1. The lowest BCUT2D eigenvalue weighted by Gasteiger charge is -2.36. The number of carbonyl (C=O) groups excluding carboxylic acids is 3. The number of amides is 2. The van der Waals surface area contributed by atoms with Gasteiger partial charge in [-0.25, -0.2) is 4.90 Å². The summed E-state index contributed by atoms with van der Waals surface area (Å²) in [5, 5.41) is 0.523. The lowest BCUT2D eigenvalue weighted by Crippen LogP contribution is -2.48. The largest absolute Gasteiger partial charge is 0.494 e. The Labute approximate surface area is 240 Å². The molecule has 198 valence electrons. The minimum atomic E-state index is -0.860. The second-order valence-corrected chi connectivity index (χ2v) is 11.4. The molecule has 2 amide bonds. The summed E-state index contributed by atoms with van der Waals surface area (Å²) in [5.41, 5.74) is 2.60. The number of ether oxygens (including phenoxy) is 1. The molecular weight excluding hydrogens is 580 g/mol. The first-order valence-electron chi connectivity index (χ1n) is 13.1. The summed E-state index contributed by atoms with van der Waals surface area (Å²) >= 11 is 9.79. The van der Waals surface area contributed by atoms with Gasteiger partial charge in [-0.2, -0.15) is 0 Å². The summed E-state index contributed by atoms with van der Waals surface area (Å²) in [4.78, 5) is 45.3. The quantitative estimate of drug-likeness (QED) is 0.174. The van der Waals surface area contributed by atoms with Gasteiger partial charge < -0.3 is 9.64 Å². The van der Waals surface area contributed by atoms with Gasteiger partial charge in [0.05, 0.1) is 30.2 Å². The van der Waals surface area contributed by atoms with Gasteiger partial charge in [-0.15, -0.1) is 0 Å². The number of unbranched alkanes of at least 4 members (excludes halogenated alkanes) is 1. The predicted octanol–water partition coefficient (Wildman–Crippen LogP) is 6.55. The summed E-state index contributed by atoms with van der Waals surface area (Å²) in [6.07, 6.45) is 5.85. The fourth-order valence-corrected chi connectivity index (χ4v) is 6.33. The maximum absolute atomic E-state index is 14.1. The Kier molecular flexibility index (Phi) is 6.81. The maximum atomic E-state index is 14.1. The molecule has 0 radical (unpaired) electrons. The smallest absolute Gasteiger partial charge is 0.240 e. The zero-order chi connectivity index (χ0) is 27.3. The maximum Gasteiger partial charge on any atom is 0.240 e. The van der Waals surface area contributed by atoms with Crippen molar-refractivity contribution in [3.05, 3.63) is 93.4 Å². The number of anilines is 2. The van der Waals surface area contributed by atoms with Gasteiger partial charge in [0.2, 0.25) is 11.8 Å². The number of hydrogen-bond acceptors (Lipinski definition) is 5. The predicted molar refractivity (Wildman–Crippen MR) is 155 cm³/mol. The molecule has 0 spiro atoms. The molecule has 3 aliphatic heterocycles. The fraction of sp³-hybridized carbons (Fsp3) is 0.258. The molecule has 0 saturated carbocycles. The van der Waals surface area contributed by atoms with E-state index in [-0.39, 0.29) is 17.6 Å². The molecule has 3 aromatic rings. The van der Waals surface area contributed by atoms with E-state index in [1.807, 2.05) is 23.1 Å². The molecule has 2 fully saturated rings. The van der Waals surface area contributed by atoms with Crippen molar-refractivity contribution in [3.8, 4) is 5.75 Å². The Morgan fingerprint density at radius 3 is 2.41 bits per heavy atom. The number of nitrogens with zero attached hydrogens (tertiary/aromatic N) is 2. The van der Waals surface area contributed by atoms with Crippen LogP contribution in [-0.4, -0.2) is 36.3 Å². The highest BCUT2D eigenvalue weighted by molar-refractivity contribution is 9.10. The van der Waals surface area contributed by atoms with Crippen LogP contribution < -0.4 is 14.5 Å². The van der Waals surface area contributed by atoms with Crippen molar-refractivity contribution in [3.63, 3.8) is 0 Å². The number of rotatable bonds is 7. The van der Waals surface area contributed by atoms with Crippen LogP contribution in [0.1, 0.15) is 35.7 Å². The van der Waals surface area contributed by atoms with Crippen LogP contribution in [0.2, 0.25) is 5.02 Å². The van der Waals surface area contributed by atoms with Gasteiger partial charge in [0, 0.05) is 20.7 Å². The van der Waals surface area contributed by atoms with Gasteiger partial charge in [-0.05, 0) is 60.5 Å². The van der Waals surface area contributed by atoms with Crippen LogP contribution in [0.3, 0.4) is 0 Å². The van der Waals surface area contributed by atoms with Gasteiger partial charge in [0.15, 0.2) is 5.78 Å². The summed E-state index contributed by atoms with van der Waals surface area (Å²) in [5.74, 6) is -1.74. The molecule has 8 heteroatoms. The summed E-state index contributed by atoms with van der Waals surface area (Å²) < 4.78 is 6.60. The second kappa shape index (κ2) is 10.3. The monoisotopic (exact) mass is 604 g/mol. The van der Waals surface area contributed by atoms with Crippen molar-refractivity contribution in [1.29, 1.82) is 0 Å². The highest BCUT2D eigenvalue weighted by Gasteiger charge is 2.64. The minimum absolute atomic E-state index is 0.205. The average Bonchev–Trinajstić information content (AvgIpc) is 3.42. The first kappa shape index (κ1) is 25.8. The molecule has 4 atom stereocenters. The first-order valence-corrected chi connectivity index (χ1v) is 14.2. The molecular formula is C31H26BrClN2O4. The summed E-state index contributed by atoms with van der Waals surface area (Å²) in [6, 6.07) is 18.3. The van der Waals surface area contributed by atoms with Crippen LogP contribution in [0.5, 0.6) is 5.75 Å². The molecule has 6 nitrogen and oxygen atoms in total. The van der Waals surface area contributed by atoms with Crippen molar-refractivity contribution in [2.45, 2.75) is 31.8 Å². The fourth-order valence-electron chi connectivity index (χ4n) is 5.90. The molecule has 0 N–H and O–H groups in total. The highest BCUT2D eigenvalue weighted by Crippen LogP contribution is 2.50. The minimum Gasteiger partial charge on any atom is -0.494 e. The third kappa shape index (κ3) is 4.38. The lowest BCUT2D eigenvalue weighted by molar-refractivity contribution is -0.122. The van der Waals surface area contributed by atoms with Crippen molar-refractivity contribution in [2.24, 2.45) is 11.8 Å². The molecule has 3 aromatic carbocycles. The third-order valence-electron chi connectivity index (χ3n) is 7.73. The standard InChI is InChI=1S/C31H26BrClN2O4/c1-2-3-16-39-23-13-11-22(12-14-23)34-30(37)26-24-15-7-18-6-10-21(33)17-25(18)35(24)28(27(26)31(34)38)29(36)19-4-8-20(32)9-5-19/h4-15,17,24,26-28H,2-3,16H2,1H3. The molecule has 6 rings (SSSR count). The number of imide groups is 1. The molecule has 2 saturated heterocycles. The number of benzene rings is 3. The van der Waals surface area contributed by atoms with E-state index in [0.29, 0.717) is 28.6 Å². The lowest BCUT2D eigenvalue weighted by atomic mass is 9.86. The number of carbonyl (C=O) groups is 3. The van der Waals surface area contributed by atoms with Gasteiger partial charge in [-0.1, -0.05) is 71.2 Å². The number of halogens is 2. The second-order valence-electron chi connectivity index (χ2n) is 10.0. The first-order chi connectivity index (χ1) is 18.9. The van der Waals surface area contributed by atoms with E-state index in [1.54, 1.807) is 60.7 Å². The topological polar surface area (TPSA) is 66.9 Å². The molecule has 0 bridgehead atoms. The molecule has 0 aromatic heterocycles. The molecule has 0 aliphatic carbocycles. The van der Waals surface area contributed by atoms with Crippen LogP contribution in [-0.2, 0) is 9.59 Å². The Bertz CT molecular complexity index is 1490. The van der Waals surface area contributed by atoms with Gasteiger partial charge in [0.25, 0.3) is 0 Å². The summed E-state index contributed by atoms with van der Waals surface area (Å²) in [6.45, 7) is 2.70. The van der Waals surface area contributed by atoms with E-state index in [2.05, 4.69) is 22.9 Å². The Balaban J connectivity index is 1.40. The van der Waals surface area contributed by atoms with Crippen LogP contribution in [0, 0.1) is 11.8 Å². The molecule has 39 heavy (non-hydrogen) atoms. The van der Waals surface area contributed by atoms with E-state index in [1.165, 1.54) is 4.90 Å². The van der Waals surface area contributed by atoms with E-state index < -0.39 is 23.9 Å². The number of Topliss-reactive ketones (excluding diaryl/α,β-unsaturated/α-hetero) is 1. The Morgan fingerprint density at radius 2 is 1.69 bits per heavy atom. The third-order valence-corrected chi connectivity index (χ3v) is 8.49. The zero-order valence-electron chi connectivity index (χ0n) is 21.2. The Morgan fingerprint density at radius 1 is 0.974 bits per heavy atom. The van der Waals surface area contributed by atoms with Crippen LogP contribution >= 0.6 is 27.5 Å². The van der Waals surface area contributed by atoms with Gasteiger partial charge in [0.1, 0.15) is 11.8 Å². The van der Waals surface area contributed by atoms with Crippen molar-refractivity contribution in [1.82, 2.24) is 0 Å². The van der Waals surface area contributed by atoms with Crippen molar-refractivity contribution >= 4 is 62.6 Å². The van der Waals surface area contributed by atoms with Crippen molar-refractivity contribution < 1.29 is 19.1 Å². The molecule has 3 heterocycles. The normalized spacial score (nSPS) is 23.1. The van der Waals surface area contributed by atoms with Gasteiger partial charge >= 0.3 is 0 Å². The van der Waals surface area contributed by atoms with Crippen LogP contribution in [0.4, 0.5) is 11.4 Å². The zero-order valence-corrected chi connectivity index (χ0v) is 23.6. The molecule has 4 unspecified atom stereocenters. The highest BCUT2D eigenvalue weighted by atomic mass is 79.9. The van der Waals surface area contributed by atoms with E-state index in [4.69, 9.17) is 16.3 Å². The van der Waals surface area contributed by atoms with Crippen molar-refractivity contribution in [2.75, 3.05) is 16.4 Å². The Hall–Kier alpha value is -3.42. The van der Waals surface area contributed by atoms with Crippen LogP contribution in [0.25, 0.3) is 6.08 Å². The number of hydrogen-bond donors (Lipinski definition) is 0. The SMILES string of the molecule is CCCCOc1ccc(N2C(=O)C3C(C2=O)C(C(=O)c2ccc(Br)cc2)N2c4cc(Cl)ccc4C=CC32)cc1. The van der Waals surface area contributed by atoms with E-state index in [0.717, 1.165) is 28.6 Å². The van der Waals surface area contributed by atoms with E-state index >= 15 is 0 Å². The molecule has 3 aliphatic rings. The summed E-state index contributed by atoms with van der Waals surface area (Å²) in [7, 11) is 0. The van der Waals surface area contributed by atoms with Gasteiger partial charge in [-0.3, -0.25) is 14.4 Å². The average molecular weight is 606 g/mol.